The Bertz CT molecular complexity index is 668. The molecule has 0 fully saturated rings. The van der Waals surface area contributed by atoms with Crippen molar-refractivity contribution in [3.05, 3.63) is 47.4 Å². The van der Waals surface area contributed by atoms with Crippen molar-refractivity contribution in [2.24, 2.45) is 0 Å². The molecule has 1 aromatic carbocycles. The van der Waals surface area contributed by atoms with Gasteiger partial charge in [-0.25, -0.2) is 0 Å². The number of benzene rings is 1. The number of carbonyl (C=O) groups is 2. The van der Waals surface area contributed by atoms with Gasteiger partial charge < -0.3 is 20.0 Å². The van der Waals surface area contributed by atoms with Crippen LogP contribution in [0.5, 0.6) is 0 Å². The first-order valence-corrected chi connectivity index (χ1v) is 9.36. The minimum atomic E-state index is -0.0794. The standard InChI is InChI=1S/C20H30N4O2/c1-5-22(6-2)19-15-24(12-11-23(19)7-3)20(26)18-10-8-9-17(13-18)14-21-16(4)25/h8-10,13,15H,5-7,11-12,14H2,1-4H3,(H,21,25). The van der Waals surface area contributed by atoms with Crippen molar-refractivity contribution in [1.82, 2.24) is 20.0 Å². The van der Waals surface area contributed by atoms with Gasteiger partial charge in [-0.2, -0.15) is 0 Å². The van der Waals surface area contributed by atoms with Crippen LogP contribution in [-0.2, 0) is 11.3 Å². The zero-order chi connectivity index (χ0) is 19.1. The topological polar surface area (TPSA) is 55.9 Å². The van der Waals surface area contributed by atoms with Crippen LogP contribution in [0.25, 0.3) is 0 Å². The molecule has 2 rings (SSSR count). The third-order valence-corrected chi connectivity index (χ3v) is 4.65. The highest BCUT2D eigenvalue weighted by Crippen LogP contribution is 2.19. The molecule has 0 saturated heterocycles. The molecule has 0 spiro atoms. The maximum Gasteiger partial charge on any atom is 0.257 e. The Morgan fingerprint density at radius 3 is 2.50 bits per heavy atom. The van der Waals surface area contributed by atoms with E-state index in [0.717, 1.165) is 37.6 Å². The molecule has 0 atom stereocenters. The van der Waals surface area contributed by atoms with Crippen molar-refractivity contribution in [2.45, 2.75) is 34.2 Å². The first kappa shape index (κ1) is 19.8. The molecule has 1 aliphatic heterocycles. The van der Waals surface area contributed by atoms with Gasteiger partial charge in [0, 0.05) is 58.0 Å². The summed E-state index contributed by atoms with van der Waals surface area (Å²) in [5.41, 5.74) is 1.57. The van der Waals surface area contributed by atoms with Crippen molar-refractivity contribution in [3.8, 4) is 0 Å². The average molecular weight is 358 g/mol. The zero-order valence-corrected chi connectivity index (χ0v) is 16.3. The van der Waals surface area contributed by atoms with Crippen LogP contribution in [0, 0.1) is 0 Å². The fraction of sp³-hybridized carbons (Fsp3) is 0.500. The predicted octanol–water partition coefficient (Wildman–Crippen LogP) is 2.24. The van der Waals surface area contributed by atoms with E-state index in [-0.39, 0.29) is 11.8 Å². The number of amides is 2. The second-order valence-corrected chi connectivity index (χ2v) is 6.35. The summed E-state index contributed by atoms with van der Waals surface area (Å²) >= 11 is 0. The summed E-state index contributed by atoms with van der Waals surface area (Å²) in [6.07, 6.45) is 1.98. The fourth-order valence-electron chi connectivity index (χ4n) is 3.14. The summed E-state index contributed by atoms with van der Waals surface area (Å²) in [6, 6.07) is 7.46. The summed E-state index contributed by atoms with van der Waals surface area (Å²) in [4.78, 5) is 30.5. The zero-order valence-electron chi connectivity index (χ0n) is 16.3. The SMILES string of the molecule is CCN(CC)C1=CN(C(=O)c2cccc(CNC(C)=O)c2)CCN1CC. The molecule has 1 aromatic rings. The van der Waals surface area contributed by atoms with Crippen LogP contribution in [0.3, 0.4) is 0 Å². The second-order valence-electron chi connectivity index (χ2n) is 6.35. The molecule has 1 heterocycles. The molecule has 0 radical (unpaired) electrons. The van der Waals surface area contributed by atoms with Gasteiger partial charge in [0.2, 0.25) is 5.91 Å². The van der Waals surface area contributed by atoms with E-state index in [9.17, 15) is 9.59 Å². The number of carbonyl (C=O) groups excluding carboxylic acids is 2. The lowest BCUT2D eigenvalue weighted by molar-refractivity contribution is -0.119. The fourth-order valence-corrected chi connectivity index (χ4v) is 3.14. The second kappa shape index (κ2) is 9.27. The summed E-state index contributed by atoms with van der Waals surface area (Å²) in [5.74, 6) is 1.02. The molecule has 142 valence electrons. The van der Waals surface area contributed by atoms with Crippen LogP contribution in [0.15, 0.2) is 36.3 Å². The van der Waals surface area contributed by atoms with Crippen molar-refractivity contribution < 1.29 is 9.59 Å². The number of nitrogens with one attached hydrogen (secondary N) is 1. The molecule has 0 saturated carbocycles. The third kappa shape index (κ3) is 4.77. The first-order valence-electron chi connectivity index (χ1n) is 9.36. The highest BCUT2D eigenvalue weighted by atomic mass is 16.2. The largest absolute Gasteiger partial charge is 0.358 e. The average Bonchev–Trinajstić information content (AvgIpc) is 2.67. The van der Waals surface area contributed by atoms with E-state index in [2.05, 4.69) is 35.9 Å². The van der Waals surface area contributed by atoms with Gasteiger partial charge in [0.15, 0.2) is 0 Å². The Labute approximate surface area is 156 Å². The summed E-state index contributed by atoms with van der Waals surface area (Å²) < 4.78 is 0. The maximum absolute atomic E-state index is 13.0. The van der Waals surface area contributed by atoms with Gasteiger partial charge in [0.05, 0.1) is 0 Å². The molecular formula is C20H30N4O2. The molecule has 26 heavy (non-hydrogen) atoms. The normalized spacial score (nSPS) is 14.1. The number of hydrogen-bond acceptors (Lipinski definition) is 4. The first-order chi connectivity index (χ1) is 12.5. The highest BCUT2D eigenvalue weighted by Gasteiger charge is 2.24. The summed E-state index contributed by atoms with van der Waals surface area (Å²) in [6.45, 7) is 12.6. The van der Waals surface area contributed by atoms with Crippen LogP contribution in [-0.4, -0.2) is 59.2 Å². The van der Waals surface area contributed by atoms with Crippen molar-refractivity contribution in [3.63, 3.8) is 0 Å². The van der Waals surface area contributed by atoms with Crippen LogP contribution in [0.1, 0.15) is 43.6 Å². The number of hydrogen-bond donors (Lipinski definition) is 1. The molecule has 6 nitrogen and oxygen atoms in total. The van der Waals surface area contributed by atoms with E-state index in [1.165, 1.54) is 6.92 Å². The van der Waals surface area contributed by atoms with E-state index in [4.69, 9.17) is 0 Å². The van der Waals surface area contributed by atoms with Gasteiger partial charge in [0.25, 0.3) is 5.91 Å². The smallest absolute Gasteiger partial charge is 0.257 e. The maximum atomic E-state index is 13.0. The lowest BCUT2D eigenvalue weighted by Gasteiger charge is -2.40. The predicted molar refractivity (Wildman–Crippen MR) is 103 cm³/mol. The minimum absolute atomic E-state index is 0.00455. The van der Waals surface area contributed by atoms with Crippen molar-refractivity contribution >= 4 is 11.8 Å². The van der Waals surface area contributed by atoms with Crippen LogP contribution in [0.4, 0.5) is 0 Å². The molecular weight excluding hydrogens is 328 g/mol. The molecule has 6 heteroatoms. The minimum Gasteiger partial charge on any atom is -0.358 e. The summed E-state index contributed by atoms with van der Waals surface area (Å²) in [7, 11) is 0. The van der Waals surface area contributed by atoms with Crippen LogP contribution >= 0.6 is 0 Å². The lowest BCUT2D eigenvalue weighted by Crippen LogP contribution is -2.46. The Balaban J connectivity index is 2.21. The monoisotopic (exact) mass is 358 g/mol. The van der Waals surface area contributed by atoms with Gasteiger partial charge in [0.1, 0.15) is 5.82 Å². The molecule has 1 aliphatic rings. The van der Waals surface area contributed by atoms with E-state index in [1.807, 2.05) is 30.5 Å². The van der Waals surface area contributed by atoms with Gasteiger partial charge in [-0.3, -0.25) is 9.59 Å². The lowest BCUT2D eigenvalue weighted by atomic mass is 10.1. The van der Waals surface area contributed by atoms with Crippen LogP contribution in [0.2, 0.25) is 0 Å². The van der Waals surface area contributed by atoms with Gasteiger partial charge in [-0.15, -0.1) is 0 Å². The highest BCUT2D eigenvalue weighted by molar-refractivity contribution is 5.95. The molecule has 0 unspecified atom stereocenters. The van der Waals surface area contributed by atoms with Crippen molar-refractivity contribution in [2.75, 3.05) is 32.7 Å². The Kier molecular flexibility index (Phi) is 7.06. The molecule has 0 bridgehead atoms. The third-order valence-electron chi connectivity index (χ3n) is 4.65. The van der Waals surface area contributed by atoms with Crippen LogP contribution < -0.4 is 5.32 Å². The number of rotatable bonds is 7. The molecule has 0 aliphatic carbocycles. The Hall–Kier alpha value is -2.50. The van der Waals surface area contributed by atoms with E-state index >= 15 is 0 Å². The molecule has 1 N–H and O–H groups in total. The van der Waals surface area contributed by atoms with Gasteiger partial charge in [-0.05, 0) is 38.5 Å². The van der Waals surface area contributed by atoms with E-state index in [1.54, 1.807) is 4.90 Å². The van der Waals surface area contributed by atoms with Crippen molar-refractivity contribution in [1.29, 1.82) is 0 Å². The Morgan fingerprint density at radius 2 is 1.88 bits per heavy atom. The van der Waals surface area contributed by atoms with Gasteiger partial charge >= 0.3 is 0 Å². The summed E-state index contributed by atoms with van der Waals surface area (Å²) in [5, 5.41) is 2.77. The van der Waals surface area contributed by atoms with E-state index in [0.29, 0.717) is 18.7 Å². The molecule has 0 aromatic heterocycles. The quantitative estimate of drug-likeness (QED) is 0.812. The number of likely N-dealkylation sites (N-methyl/N-ethyl adjacent to an activating group) is 1. The van der Waals surface area contributed by atoms with E-state index < -0.39 is 0 Å². The Morgan fingerprint density at radius 1 is 1.15 bits per heavy atom. The number of nitrogens with zero attached hydrogens (tertiary/aromatic N) is 3. The molecule has 2 amide bonds. The van der Waals surface area contributed by atoms with Gasteiger partial charge in [-0.1, -0.05) is 12.1 Å².